The number of rotatable bonds is 2. The van der Waals surface area contributed by atoms with Crippen LogP contribution in [0, 0.1) is 0 Å². The van der Waals surface area contributed by atoms with Crippen LogP contribution in [0.25, 0.3) is 0 Å². The molecule has 0 aliphatic heterocycles. The van der Waals surface area contributed by atoms with Gasteiger partial charge in [-0.3, -0.25) is 5.09 Å². The van der Waals surface area contributed by atoms with Crippen molar-refractivity contribution >= 4 is 9.39 Å². The Morgan fingerprint density at radius 1 is 1.56 bits per heavy atom. The monoisotopic (exact) mass is 141 g/mol. The van der Waals surface area contributed by atoms with Gasteiger partial charge in [0.25, 0.3) is 0 Å². The quantitative estimate of drug-likeness (QED) is 0.604. The largest absolute Gasteiger partial charge is 0.296 e. The molecule has 3 nitrogen and oxygen atoms in total. The van der Waals surface area contributed by atoms with Crippen LogP contribution in [0.2, 0.25) is 0 Å². The Bertz CT molecular complexity index is 165. The number of nitrogens with one attached hydrogen (secondary N) is 1. The van der Waals surface area contributed by atoms with E-state index in [0.717, 1.165) is 12.1 Å². The zero-order valence-electron chi connectivity index (χ0n) is 4.91. The van der Waals surface area contributed by atoms with Crippen molar-refractivity contribution in [1.82, 2.24) is 15.3 Å². The molecule has 1 unspecified atom stereocenters. The first-order valence-electron chi connectivity index (χ1n) is 2.62. The summed E-state index contributed by atoms with van der Waals surface area (Å²) in [5, 5.41) is 10.3. The minimum atomic E-state index is 0.820. The summed E-state index contributed by atoms with van der Waals surface area (Å²) in [6.07, 6.45) is 3.41. The maximum Gasteiger partial charge on any atom is 0.0541 e. The summed E-state index contributed by atoms with van der Waals surface area (Å²) in [5.74, 6) is 0. The Morgan fingerprint density at radius 2 is 2.44 bits per heavy atom. The fraction of sp³-hybridized carbons (Fsp3) is 0.200. The predicted octanol–water partition coefficient (Wildman–Crippen LogP) is 0.356. The lowest BCUT2D eigenvalue weighted by Gasteiger charge is -1.94. The van der Waals surface area contributed by atoms with E-state index >= 15 is 0 Å². The van der Waals surface area contributed by atoms with Crippen molar-refractivity contribution in [2.75, 3.05) is 0 Å². The van der Waals surface area contributed by atoms with Crippen molar-refractivity contribution in [2.24, 2.45) is 0 Å². The Balaban J connectivity index is 2.61. The first-order chi connectivity index (χ1) is 4.43. The Labute approximate surface area is 56.1 Å². The highest BCUT2D eigenvalue weighted by molar-refractivity contribution is 7.13. The second-order valence-electron chi connectivity index (χ2n) is 1.63. The molecule has 0 aliphatic rings. The van der Waals surface area contributed by atoms with Crippen molar-refractivity contribution in [3.63, 3.8) is 0 Å². The van der Waals surface area contributed by atoms with Crippen LogP contribution in [0.15, 0.2) is 18.5 Å². The molecule has 1 aromatic heterocycles. The molecule has 1 rings (SSSR count). The normalized spacial score (nSPS) is 9.44. The van der Waals surface area contributed by atoms with E-state index < -0.39 is 0 Å². The first kappa shape index (κ1) is 6.59. The summed E-state index contributed by atoms with van der Waals surface area (Å²) >= 11 is 0. The van der Waals surface area contributed by atoms with E-state index in [1.807, 2.05) is 6.07 Å². The maximum atomic E-state index is 3.70. The molecular formula is C5H8N3P. The van der Waals surface area contributed by atoms with E-state index in [1.165, 1.54) is 0 Å². The molecule has 9 heavy (non-hydrogen) atoms. The highest BCUT2D eigenvalue weighted by Crippen LogP contribution is 1.92. The topological polar surface area (TPSA) is 37.8 Å². The van der Waals surface area contributed by atoms with E-state index in [-0.39, 0.29) is 0 Å². The average molecular weight is 141 g/mol. The van der Waals surface area contributed by atoms with Gasteiger partial charge in [-0.2, -0.15) is 10.2 Å². The third-order valence-corrected chi connectivity index (χ3v) is 1.16. The fourth-order valence-electron chi connectivity index (χ4n) is 0.541. The van der Waals surface area contributed by atoms with Gasteiger partial charge in [-0.05, 0) is 11.6 Å². The van der Waals surface area contributed by atoms with Gasteiger partial charge in [-0.25, -0.2) is 0 Å². The van der Waals surface area contributed by atoms with E-state index in [2.05, 4.69) is 24.7 Å². The SMILES string of the molecule is PNCc1ccnnc1. The standard InChI is InChI=1S/C5H8N3P/c9-8-4-5-1-2-6-7-3-5/h1-3,8H,4,9H2. The highest BCUT2D eigenvalue weighted by atomic mass is 31.0. The zero-order chi connectivity index (χ0) is 6.53. The number of hydrogen-bond donors (Lipinski definition) is 1. The molecule has 1 N–H and O–H groups in total. The van der Waals surface area contributed by atoms with E-state index in [1.54, 1.807) is 12.4 Å². The molecule has 0 saturated carbocycles. The Kier molecular flexibility index (Phi) is 2.55. The molecule has 4 heteroatoms. The predicted molar refractivity (Wildman–Crippen MR) is 38.6 cm³/mol. The summed E-state index contributed by atoms with van der Waals surface area (Å²) < 4.78 is 0. The van der Waals surface area contributed by atoms with Gasteiger partial charge >= 0.3 is 0 Å². The molecule has 1 aromatic rings. The highest BCUT2D eigenvalue weighted by Gasteiger charge is 1.85. The van der Waals surface area contributed by atoms with Crippen molar-refractivity contribution in [3.05, 3.63) is 24.0 Å². The number of hydrogen-bond acceptors (Lipinski definition) is 3. The maximum absolute atomic E-state index is 3.70. The molecule has 48 valence electrons. The van der Waals surface area contributed by atoms with Gasteiger partial charge in [0.15, 0.2) is 0 Å². The molecule has 1 heterocycles. The molecular weight excluding hydrogens is 133 g/mol. The van der Waals surface area contributed by atoms with Gasteiger partial charge in [0.2, 0.25) is 0 Å². The molecule has 0 aromatic carbocycles. The summed E-state index contributed by atoms with van der Waals surface area (Å²) in [5.41, 5.74) is 1.14. The van der Waals surface area contributed by atoms with Gasteiger partial charge in [0, 0.05) is 12.7 Å². The lowest BCUT2D eigenvalue weighted by molar-refractivity contribution is 0.926. The van der Waals surface area contributed by atoms with Gasteiger partial charge in [-0.1, -0.05) is 9.39 Å². The fourth-order valence-corrected chi connectivity index (χ4v) is 0.776. The molecule has 0 fully saturated rings. The molecule has 1 atom stereocenters. The van der Waals surface area contributed by atoms with Crippen LogP contribution in [-0.4, -0.2) is 10.2 Å². The van der Waals surface area contributed by atoms with Gasteiger partial charge in [0.1, 0.15) is 0 Å². The van der Waals surface area contributed by atoms with Gasteiger partial charge in [-0.15, -0.1) is 0 Å². The van der Waals surface area contributed by atoms with Gasteiger partial charge in [0.05, 0.1) is 6.20 Å². The summed E-state index contributed by atoms with van der Waals surface area (Å²) in [6.45, 7) is 0.820. The minimum absolute atomic E-state index is 0.820. The third-order valence-electron chi connectivity index (χ3n) is 0.952. The van der Waals surface area contributed by atoms with Gasteiger partial charge < -0.3 is 0 Å². The molecule has 0 saturated heterocycles. The molecule has 0 radical (unpaired) electrons. The number of nitrogens with zero attached hydrogens (tertiary/aromatic N) is 2. The van der Waals surface area contributed by atoms with Crippen LogP contribution in [0.5, 0.6) is 0 Å². The summed E-state index contributed by atoms with van der Waals surface area (Å²) in [7, 11) is 2.43. The van der Waals surface area contributed by atoms with Crippen LogP contribution >= 0.6 is 9.39 Å². The van der Waals surface area contributed by atoms with E-state index in [9.17, 15) is 0 Å². The van der Waals surface area contributed by atoms with E-state index in [4.69, 9.17) is 0 Å². The van der Waals surface area contributed by atoms with Crippen molar-refractivity contribution in [1.29, 1.82) is 0 Å². The Hall–Kier alpha value is -0.530. The number of aromatic nitrogens is 2. The van der Waals surface area contributed by atoms with E-state index in [0.29, 0.717) is 0 Å². The van der Waals surface area contributed by atoms with Crippen molar-refractivity contribution < 1.29 is 0 Å². The lowest BCUT2D eigenvalue weighted by Crippen LogP contribution is -1.97. The molecule has 0 aliphatic carbocycles. The second-order valence-corrected chi connectivity index (χ2v) is 2.04. The molecule has 0 spiro atoms. The zero-order valence-corrected chi connectivity index (χ0v) is 6.07. The minimum Gasteiger partial charge on any atom is -0.296 e. The van der Waals surface area contributed by atoms with Crippen LogP contribution in [0.3, 0.4) is 0 Å². The van der Waals surface area contributed by atoms with Crippen LogP contribution in [0.1, 0.15) is 5.56 Å². The van der Waals surface area contributed by atoms with Crippen LogP contribution in [0.4, 0.5) is 0 Å². The summed E-state index contributed by atoms with van der Waals surface area (Å²) in [6, 6.07) is 1.92. The molecule has 0 amide bonds. The average Bonchev–Trinajstić information content (AvgIpc) is 1.91. The van der Waals surface area contributed by atoms with Crippen molar-refractivity contribution in [3.8, 4) is 0 Å². The third kappa shape index (κ3) is 2.04. The van der Waals surface area contributed by atoms with Crippen LogP contribution < -0.4 is 5.09 Å². The van der Waals surface area contributed by atoms with Crippen LogP contribution in [-0.2, 0) is 6.54 Å². The summed E-state index contributed by atoms with van der Waals surface area (Å²) in [4.78, 5) is 0. The molecule has 0 bridgehead atoms. The lowest BCUT2D eigenvalue weighted by atomic mass is 10.3. The Morgan fingerprint density at radius 3 is 3.00 bits per heavy atom. The first-order valence-corrected chi connectivity index (χ1v) is 3.20. The smallest absolute Gasteiger partial charge is 0.0541 e. The second kappa shape index (κ2) is 3.49. The van der Waals surface area contributed by atoms with Crippen molar-refractivity contribution in [2.45, 2.75) is 6.54 Å².